The third-order valence-electron chi connectivity index (χ3n) is 4.00. The van der Waals surface area contributed by atoms with E-state index in [0.717, 1.165) is 11.1 Å². The number of aromatic nitrogens is 1. The number of anilines is 1. The van der Waals surface area contributed by atoms with Crippen molar-refractivity contribution in [1.29, 1.82) is 0 Å². The number of hydrogen-bond acceptors (Lipinski definition) is 4. The van der Waals surface area contributed by atoms with E-state index in [4.69, 9.17) is 23.2 Å². The Morgan fingerprint density at radius 1 is 0.897 bits per heavy atom. The van der Waals surface area contributed by atoms with Crippen molar-refractivity contribution in [2.45, 2.75) is 17.9 Å². The van der Waals surface area contributed by atoms with Crippen LogP contribution in [0, 0.1) is 0 Å². The average molecular weight is 450 g/mol. The summed E-state index contributed by atoms with van der Waals surface area (Å²) in [6, 6.07) is 14.6. The normalized spacial score (nSPS) is 11.1. The lowest BCUT2D eigenvalue weighted by atomic mass is 10.1. The number of benzene rings is 2. The number of rotatable bonds is 7. The molecule has 150 valence electrons. The SMILES string of the molecule is O=C(Cc1ccc(NS(=O)(=O)c2c(Cl)cccc2Cl)cc1)NCc1ccncc1. The van der Waals surface area contributed by atoms with Gasteiger partial charge in [-0.2, -0.15) is 0 Å². The Bertz CT molecular complexity index is 1090. The lowest BCUT2D eigenvalue weighted by molar-refractivity contribution is -0.120. The van der Waals surface area contributed by atoms with Gasteiger partial charge in [0.05, 0.1) is 16.5 Å². The second kappa shape index (κ2) is 9.26. The summed E-state index contributed by atoms with van der Waals surface area (Å²) >= 11 is 12.0. The molecule has 0 saturated carbocycles. The molecular formula is C20H17Cl2N3O3S. The second-order valence-electron chi connectivity index (χ2n) is 6.16. The van der Waals surface area contributed by atoms with Crippen molar-refractivity contribution in [1.82, 2.24) is 10.3 Å². The number of carbonyl (C=O) groups excluding carboxylic acids is 1. The Morgan fingerprint density at radius 2 is 1.52 bits per heavy atom. The number of sulfonamides is 1. The Labute approximate surface area is 178 Å². The minimum absolute atomic E-state index is 0.0347. The van der Waals surface area contributed by atoms with Gasteiger partial charge >= 0.3 is 0 Å². The quantitative estimate of drug-likeness (QED) is 0.569. The first kappa shape index (κ1) is 21.1. The predicted molar refractivity (Wildman–Crippen MR) is 114 cm³/mol. The van der Waals surface area contributed by atoms with Gasteiger partial charge in [-0.3, -0.25) is 14.5 Å². The predicted octanol–water partition coefficient (Wildman–Crippen LogP) is 4.05. The fourth-order valence-corrected chi connectivity index (χ4v) is 4.79. The zero-order valence-electron chi connectivity index (χ0n) is 15.1. The molecule has 2 N–H and O–H groups in total. The lowest BCUT2D eigenvalue weighted by Crippen LogP contribution is -2.24. The summed E-state index contributed by atoms with van der Waals surface area (Å²) in [6.07, 6.45) is 3.50. The van der Waals surface area contributed by atoms with Crippen molar-refractivity contribution < 1.29 is 13.2 Å². The van der Waals surface area contributed by atoms with E-state index in [1.807, 2.05) is 12.1 Å². The molecule has 29 heavy (non-hydrogen) atoms. The Morgan fingerprint density at radius 3 is 2.14 bits per heavy atom. The van der Waals surface area contributed by atoms with Crippen molar-refractivity contribution in [3.8, 4) is 0 Å². The van der Waals surface area contributed by atoms with Crippen molar-refractivity contribution in [2.75, 3.05) is 4.72 Å². The average Bonchev–Trinajstić information content (AvgIpc) is 2.68. The highest BCUT2D eigenvalue weighted by molar-refractivity contribution is 7.93. The van der Waals surface area contributed by atoms with Gasteiger partial charge in [0.1, 0.15) is 4.90 Å². The van der Waals surface area contributed by atoms with Gasteiger partial charge in [-0.15, -0.1) is 0 Å². The number of hydrogen-bond donors (Lipinski definition) is 2. The van der Waals surface area contributed by atoms with Crippen LogP contribution in [0.3, 0.4) is 0 Å². The first-order chi connectivity index (χ1) is 13.8. The van der Waals surface area contributed by atoms with Crippen LogP contribution in [0.4, 0.5) is 5.69 Å². The van der Waals surface area contributed by atoms with Gasteiger partial charge < -0.3 is 5.32 Å². The molecule has 0 aliphatic heterocycles. The molecule has 0 unspecified atom stereocenters. The molecule has 9 heteroatoms. The largest absolute Gasteiger partial charge is 0.352 e. The summed E-state index contributed by atoms with van der Waals surface area (Å²) in [7, 11) is -3.95. The van der Waals surface area contributed by atoms with E-state index >= 15 is 0 Å². The molecule has 1 aromatic heterocycles. The molecule has 1 amide bonds. The summed E-state index contributed by atoms with van der Waals surface area (Å²) in [5.41, 5.74) is 2.04. The first-order valence-electron chi connectivity index (χ1n) is 8.56. The third-order valence-corrected chi connectivity index (χ3v) is 6.33. The van der Waals surface area contributed by atoms with Gasteiger partial charge in [0, 0.05) is 24.6 Å². The van der Waals surface area contributed by atoms with Crippen LogP contribution >= 0.6 is 23.2 Å². The molecule has 6 nitrogen and oxygen atoms in total. The van der Waals surface area contributed by atoms with E-state index in [9.17, 15) is 13.2 Å². The highest BCUT2D eigenvalue weighted by Crippen LogP contribution is 2.30. The van der Waals surface area contributed by atoms with Crippen LogP contribution < -0.4 is 10.0 Å². The number of amides is 1. The van der Waals surface area contributed by atoms with Gasteiger partial charge in [0.25, 0.3) is 10.0 Å². The Hall–Kier alpha value is -2.61. The summed E-state index contributed by atoms with van der Waals surface area (Å²) in [4.78, 5) is 15.8. The van der Waals surface area contributed by atoms with Gasteiger partial charge in [-0.05, 0) is 47.5 Å². The van der Waals surface area contributed by atoms with Crippen molar-refractivity contribution in [3.63, 3.8) is 0 Å². The molecule has 0 aliphatic rings. The summed E-state index contributed by atoms with van der Waals surface area (Å²) < 4.78 is 27.6. The molecule has 3 rings (SSSR count). The number of carbonyl (C=O) groups is 1. The highest BCUT2D eigenvalue weighted by atomic mass is 35.5. The van der Waals surface area contributed by atoms with Crippen LogP contribution in [-0.2, 0) is 27.8 Å². The van der Waals surface area contributed by atoms with Crippen LogP contribution in [0.1, 0.15) is 11.1 Å². The van der Waals surface area contributed by atoms with E-state index in [1.165, 1.54) is 12.1 Å². The Kier molecular flexibility index (Phi) is 6.74. The van der Waals surface area contributed by atoms with E-state index < -0.39 is 10.0 Å². The zero-order valence-corrected chi connectivity index (χ0v) is 17.4. The molecular weight excluding hydrogens is 433 g/mol. The van der Waals surface area contributed by atoms with E-state index in [2.05, 4.69) is 15.0 Å². The number of nitrogens with one attached hydrogen (secondary N) is 2. The van der Waals surface area contributed by atoms with Crippen LogP contribution in [0.2, 0.25) is 10.0 Å². The highest BCUT2D eigenvalue weighted by Gasteiger charge is 2.21. The van der Waals surface area contributed by atoms with Crippen molar-refractivity contribution in [3.05, 3.63) is 88.2 Å². The minimum atomic E-state index is -3.95. The van der Waals surface area contributed by atoms with Gasteiger partial charge in [-0.1, -0.05) is 41.4 Å². The molecule has 2 aromatic carbocycles. The molecule has 0 spiro atoms. The molecule has 0 aliphatic carbocycles. The fourth-order valence-electron chi connectivity index (χ4n) is 2.59. The first-order valence-corrected chi connectivity index (χ1v) is 10.8. The zero-order chi connectivity index (χ0) is 20.9. The van der Waals surface area contributed by atoms with E-state index in [0.29, 0.717) is 12.2 Å². The molecule has 0 saturated heterocycles. The maximum absolute atomic E-state index is 12.6. The maximum Gasteiger partial charge on any atom is 0.264 e. The van der Waals surface area contributed by atoms with Crippen LogP contribution in [0.25, 0.3) is 0 Å². The van der Waals surface area contributed by atoms with Crippen LogP contribution in [0.5, 0.6) is 0 Å². The van der Waals surface area contributed by atoms with Crippen molar-refractivity contribution in [2.24, 2.45) is 0 Å². The van der Waals surface area contributed by atoms with E-state index in [-0.39, 0.29) is 27.3 Å². The molecule has 1 heterocycles. The standard InChI is InChI=1S/C20H17Cl2N3O3S/c21-17-2-1-3-18(22)20(17)29(27,28)25-16-6-4-14(5-7-16)12-19(26)24-13-15-8-10-23-11-9-15/h1-11,25H,12-13H2,(H,24,26). The smallest absolute Gasteiger partial charge is 0.264 e. The van der Waals surface area contributed by atoms with E-state index in [1.54, 1.807) is 42.7 Å². The minimum Gasteiger partial charge on any atom is -0.352 e. The fraction of sp³-hybridized carbons (Fsp3) is 0.100. The third kappa shape index (κ3) is 5.69. The summed E-state index contributed by atoms with van der Waals surface area (Å²) in [5, 5.41) is 2.90. The number of nitrogens with zero attached hydrogens (tertiary/aromatic N) is 1. The lowest BCUT2D eigenvalue weighted by Gasteiger charge is -2.11. The van der Waals surface area contributed by atoms with Crippen molar-refractivity contribution >= 4 is 44.8 Å². The van der Waals surface area contributed by atoms with Gasteiger partial charge in [-0.25, -0.2) is 8.42 Å². The molecule has 0 radical (unpaired) electrons. The Balaban J connectivity index is 1.62. The number of halogens is 2. The second-order valence-corrected chi connectivity index (χ2v) is 8.60. The van der Waals surface area contributed by atoms with Gasteiger partial charge in [0.2, 0.25) is 5.91 Å². The molecule has 0 bridgehead atoms. The monoisotopic (exact) mass is 449 g/mol. The summed E-state index contributed by atoms with van der Waals surface area (Å²) in [5.74, 6) is -0.141. The maximum atomic E-state index is 12.6. The van der Waals surface area contributed by atoms with Crippen LogP contribution in [0.15, 0.2) is 71.9 Å². The molecule has 0 atom stereocenters. The number of pyridine rings is 1. The summed E-state index contributed by atoms with van der Waals surface area (Å²) in [6.45, 7) is 0.415. The topological polar surface area (TPSA) is 88.2 Å². The van der Waals surface area contributed by atoms with Gasteiger partial charge in [0.15, 0.2) is 0 Å². The molecule has 0 fully saturated rings. The van der Waals surface area contributed by atoms with Crippen LogP contribution in [-0.4, -0.2) is 19.3 Å². The molecule has 3 aromatic rings.